The van der Waals surface area contributed by atoms with E-state index >= 15 is 0 Å². The number of likely N-dealkylation sites (N-methyl/N-ethyl adjacent to an activating group) is 1. The number of alkyl halides is 3. The Morgan fingerprint density at radius 2 is 1.97 bits per heavy atom. The molecule has 0 unspecified atom stereocenters. The first-order valence-electron chi connectivity index (χ1n) is 9.96. The van der Waals surface area contributed by atoms with Gasteiger partial charge in [-0.2, -0.15) is 18.3 Å². The molecule has 1 fully saturated rings. The Morgan fingerprint density at radius 1 is 1.28 bits per heavy atom. The number of piperazine rings is 1. The lowest BCUT2D eigenvalue weighted by atomic mass is 10.0. The summed E-state index contributed by atoms with van der Waals surface area (Å²) in [7, 11) is 0. The van der Waals surface area contributed by atoms with Crippen molar-refractivity contribution in [1.82, 2.24) is 20.0 Å². The second-order valence-corrected chi connectivity index (χ2v) is 7.70. The Bertz CT molecular complexity index is 1110. The molecule has 0 radical (unpaired) electrons. The molecule has 2 amide bonds. The number of carbonyl (C=O) groups excluding carboxylic acids is 2. The highest BCUT2D eigenvalue weighted by Crippen LogP contribution is 2.30. The quantitative estimate of drug-likeness (QED) is 0.720. The Hall–Kier alpha value is -3.24. The summed E-state index contributed by atoms with van der Waals surface area (Å²) in [5.41, 5.74) is -3.04. The average molecular weight is 454 g/mol. The number of carbonyl (C=O) groups is 2. The minimum absolute atomic E-state index is 0.0534. The van der Waals surface area contributed by atoms with E-state index in [0.717, 1.165) is 13.0 Å². The zero-order valence-electron chi connectivity index (χ0n) is 17.7. The maximum absolute atomic E-state index is 14.4. The van der Waals surface area contributed by atoms with Crippen LogP contribution in [0, 0.1) is 12.7 Å². The number of nitrogens with one attached hydrogen (secondary N) is 1. The molecule has 3 rings (SSSR count). The zero-order valence-corrected chi connectivity index (χ0v) is 17.7. The molecule has 0 spiro atoms. The van der Waals surface area contributed by atoms with E-state index in [1.807, 2.05) is 12.0 Å². The lowest BCUT2D eigenvalue weighted by molar-refractivity contribution is -0.139. The van der Waals surface area contributed by atoms with Gasteiger partial charge in [-0.1, -0.05) is 6.07 Å². The van der Waals surface area contributed by atoms with E-state index in [9.17, 15) is 31.9 Å². The van der Waals surface area contributed by atoms with E-state index in [-0.39, 0.29) is 48.3 Å². The summed E-state index contributed by atoms with van der Waals surface area (Å²) in [6.07, 6.45) is -5.02. The molecular weight excluding hydrogens is 432 g/mol. The van der Waals surface area contributed by atoms with Gasteiger partial charge in [-0.15, -0.1) is 0 Å². The van der Waals surface area contributed by atoms with Crippen LogP contribution in [-0.4, -0.2) is 57.5 Å². The smallest absolute Gasteiger partial charge is 0.337 e. The van der Waals surface area contributed by atoms with Gasteiger partial charge in [0.15, 0.2) is 0 Å². The van der Waals surface area contributed by atoms with Crippen LogP contribution in [0.1, 0.15) is 46.6 Å². The SMILES string of the molecule is CCN1C(=O)CN(C(=O)c2cc(Cc3n[nH]c(=O)c(C(F)(F)F)c3C)ccc2F)C[C@@H]1C. The lowest BCUT2D eigenvalue weighted by Crippen LogP contribution is -2.56. The van der Waals surface area contributed by atoms with Crippen molar-refractivity contribution in [3.05, 3.63) is 62.3 Å². The minimum Gasteiger partial charge on any atom is -0.337 e. The number of aromatic amines is 1. The predicted molar refractivity (Wildman–Crippen MR) is 107 cm³/mol. The summed E-state index contributed by atoms with van der Waals surface area (Å²) < 4.78 is 54.0. The molecule has 1 aliphatic rings. The first kappa shape index (κ1) is 23.4. The fourth-order valence-electron chi connectivity index (χ4n) is 3.92. The van der Waals surface area contributed by atoms with Crippen LogP contribution in [0.2, 0.25) is 0 Å². The number of halogens is 4. The molecule has 2 heterocycles. The molecule has 1 N–H and O–H groups in total. The third-order valence-corrected chi connectivity index (χ3v) is 5.53. The van der Waals surface area contributed by atoms with Crippen molar-refractivity contribution in [2.75, 3.05) is 19.6 Å². The van der Waals surface area contributed by atoms with Gasteiger partial charge in [0.05, 0.1) is 11.3 Å². The molecule has 0 bridgehead atoms. The fraction of sp³-hybridized carbons (Fsp3) is 0.429. The normalized spacial score (nSPS) is 17.1. The van der Waals surface area contributed by atoms with Crippen molar-refractivity contribution in [2.45, 2.75) is 39.4 Å². The van der Waals surface area contributed by atoms with Gasteiger partial charge in [-0.05, 0) is 44.0 Å². The maximum Gasteiger partial charge on any atom is 0.422 e. The molecule has 1 aliphatic heterocycles. The zero-order chi connectivity index (χ0) is 23.8. The molecular formula is C21H22F4N4O3. The van der Waals surface area contributed by atoms with Gasteiger partial charge < -0.3 is 9.80 Å². The molecule has 7 nitrogen and oxygen atoms in total. The number of amides is 2. The van der Waals surface area contributed by atoms with Crippen LogP contribution < -0.4 is 5.56 Å². The summed E-state index contributed by atoms with van der Waals surface area (Å²) in [5.74, 6) is -1.73. The summed E-state index contributed by atoms with van der Waals surface area (Å²) in [6, 6.07) is 3.37. The predicted octanol–water partition coefficient (Wildman–Crippen LogP) is 2.52. The van der Waals surface area contributed by atoms with Gasteiger partial charge in [0, 0.05) is 25.6 Å². The second kappa shape index (κ2) is 8.71. The topological polar surface area (TPSA) is 86.4 Å². The highest BCUT2D eigenvalue weighted by molar-refractivity contribution is 5.97. The number of rotatable bonds is 4. The van der Waals surface area contributed by atoms with E-state index in [1.165, 1.54) is 17.0 Å². The van der Waals surface area contributed by atoms with Crippen LogP contribution in [-0.2, 0) is 17.4 Å². The molecule has 0 saturated carbocycles. The minimum atomic E-state index is -4.86. The van der Waals surface area contributed by atoms with Crippen molar-refractivity contribution >= 4 is 11.8 Å². The van der Waals surface area contributed by atoms with Gasteiger partial charge in [-0.25, -0.2) is 9.49 Å². The van der Waals surface area contributed by atoms with E-state index in [2.05, 4.69) is 5.10 Å². The van der Waals surface area contributed by atoms with Crippen LogP contribution in [0.25, 0.3) is 0 Å². The summed E-state index contributed by atoms with van der Waals surface area (Å²) in [6.45, 7) is 5.30. The average Bonchev–Trinajstić information content (AvgIpc) is 2.69. The van der Waals surface area contributed by atoms with Gasteiger partial charge in [0.1, 0.15) is 17.9 Å². The molecule has 2 aromatic rings. The van der Waals surface area contributed by atoms with Crippen molar-refractivity contribution in [3.8, 4) is 0 Å². The molecule has 1 aromatic carbocycles. The standard InChI is InChI=1S/C21H22F4N4O3/c1-4-29-11(2)9-28(10-17(29)30)20(32)14-7-13(5-6-15(14)22)8-16-12(3)18(21(23,24)25)19(31)27-26-16/h5-7,11H,4,8-10H2,1-3H3,(H,27,31)/t11-/m0/s1. The molecule has 172 valence electrons. The van der Waals surface area contributed by atoms with Crippen molar-refractivity contribution in [2.24, 2.45) is 0 Å². The fourth-order valence-corrected chi connectivity index (χ4v) is 3.92. The Balaban J connectivity index is 1.90. The summed E-state index contributed by atoms with van der Waals surface area (Å²) in [4.78, 5) is 39.6. The Morgan fingerprint density at radius 3 is 2.56 bits per heavy atom. The molecule has 0 aliphatic carbocycles. The van der Waals surface area contributed by atoms with Gasteiger partial charge in [0.2, 0.25) is 5.91 Å². The largest absolute Gasteiger partial charge is 0.422 e. The lowest BCUT2D eigenvalue weighted by Gasteiger charge is -2.39. The maximum atomic E-state index is 14.4. The van der Waals surface area contributed by atoms with E-state index in [4.69, 9.17) is 0 Å². The van der Waals surface area contributed by atoms with Crippen molar-refractivity contribution in [3.63, 3.8) is 0 Å². The van der Waals surface area contributed by atoms with Crippen LogP contribution in [0.15, 0.2) is 23.0 Å². The number of hydrogen-bond donors (Lipinski definition) is 1. The second-order valence-electron chi connectivity index (χ2n) is 7.70. The number of aromatic nitrogens is 2. The highest BCUT2D eigenvalue weighted by atomic mass is 19.4. The van der Waals surface area contributed by atoms with Crippen molar-refractivity contribution < 1.29 is 27.2 Å². The molecule has 1 aromatic heterocycles. The van der Waals surface area contributed by atoms with Crippen LogP contribution in [0.3, 0.4) is 0 Å². The van der Waals surface area contributed by atoms with E-state index in [0.29, 0.717) is 12.1 Å². The third-order valence-electron chi connectivity index (χ3n) is 5.53. The number of benzene rings is 1. The van der Waals surface area contributed by atoms with E-state index < -0.39 is 29.0 Å². The third kappa shape index (κ3) is 4.51. The van der Waals surface area contributed by atoms with E-state index in [1.54, 1.807) is 11.8 Å². The Kier molecular flexibility index (Phi) is 6.38. The number of hydrogen-bond acceptors (Lipinski definition) is 4. The first-order valence-corrected chi connectivity index (χ1v) is 9.96. The molecule has 11 heteroatoms. The van der Waals surface area contributed by atoms with Gasteiger partial charge in [0.25, 0.3) is 11.5 Å². The Labute approximate surface area is 181 Å². The highest BCUT2D eigenvalue weighted by Gasteiger charge is 2.37. The number of nitrogens with zero attached hydrogens (tertiary/aromatic N) is 3. The van der Waals surface area contributed by atoms with Crippen LogP contribution in [0.4, 0.5) is 17.6 Å². The first-order chi connectivity index (χ1) is 14.9. The molecule has 1 saturated heterocycles. The van der Waals surface area contributed by atoms with Crippen molar-refractivity contribution in [1.29, 1.82) is 0 Å². The summed E-state index contributed by atoms with van der Waals surface area (Å²) >= 11 is 0. The monoisotopic (exact) mass is 454 g/mol. The van der Waals surface area contributed by atoms with Gasteiger partial charge in [-0.3, -0.25) is 14.4 Å². The summed E-state index contributed by atoms with van der Waals surface area (Å²) in [5, 5.41) is 5.53. The van der Waals surface area contributed by atoms with Gasteiger partial charge >= 0.3 is 6.18 Å². The molecule has 32 heavy (non-hydrogen) atoms. The van der Waals surface area contributed by atoms with Crippen LogP contribution >= 0.6 is 0 Å². The van der Waals surface area contributed by atoms with Crippen LogP contribution in [0.5, 0.6) is 0 Å². The molecule has 1 atom stereocenters. The number of H-pyrrole nitrogens is 1.